The Morgan fingerprint density at radius 1 is 1.12 bits per heavy atom. The van der Waals surface area contributed by atoms with Gasteiger partial charge in [0.1, 0.15) is 9.84 Å². The zero-order valence-corrected chi connectivity index (χ0v) is 15.6. The monoisotopic (exact) mass is 379 g/mol. The summed E-state index contributed by atoms with van der Waals surface area (Å²) < 4.78 is 1.78. The third-order valence-corrected chi connectivity index (χ3v) is 6.49. The van der Waals surface area contributed by atoms with Crippen LogP contribution >= 0.6 is 22.7 Å². The summed E-state index contributed by atoms with van der Waals surface area (Å²) in [6.07, 6.45) is 0. The molecular formula is C18H13N5OS2. The van der Waals surface area contributed by atoms with E-state index in [1.807, 2.05) is 49.6 Å². The molecule has 128 valence electrons. The Labute approximate surface area is 155 Å². The van der Waals surface area contributed by atoms with E-state index in [0.717, 1.165) is 31.5 Å². The Morgan fingerprint density at radius 3 is 2.73 bits per heavy atom. The SMILES string of the molecule is Cc1sc2c(c1C)c(=O)nc1c(-c3nc(-c4ccccc4)cs3)n[nH]n12. The molecule has 1 N–H and O–H groups in total. The van der Waals surface area contributed by atoms with Gasteiger partial charge >= 0.3 is 0 Å². The molecule has 0 radical (unpaired) electrons. The van der Waals surface area contributed by atoms with Crippen LogP contribution in [0.2, 0.25) is 0 Å². The minimum atomic E-state index is -0.218. The standard InChI is InChI=1S/C18H13N5OS2/c1-9-10(2)26-18-13(9)16(24)20-15-14(21-22-23(15)18)17-19-12(8-25-17)11-6-4-3-5-7-11/h3-8,22H,1-2H3. The van der Waals surface area contributed by atoms with Crippen LogP contribution in [-0.2, 0) is 0 Å². The highest BCUT2D eigenvalue weighted by Crippen LogP contribution is 2.32. The quantitative estimate of drug-likeness (QED) is 0.502. The maximum atomic E-state index is 12.6. The van der Waals surface area contributed by atoms with E-state index in [9.17, 15) is 4.79 Å². The van der Waals surface area contributed by atoms with E-state index < -0.39 is 0 Å². The molecule has 0 spiro atoms. The minimum Gasteiger partial charge on any atom is -0.267 e. The van der Waals surface area contributed by atoms with Gasteiger partial charge in [0.2, 0.25) is 0 Å². The molecule has 4 aromatic heterocycles. The van der Waals surface area contributed by atoms with Crippen molar-refractivity contribution < 1.29 is 0 Å². The van der Waals surface area contributed by atoms with Crippen LogP contribution in [0.4, 0.5) is 0 Å². The van der Waals surface area contributed by atoms with Gasteiger partial charge in [0.15, 0.2) is 11.3 Å². The zero-order chi connectivity index (χ0) is 17.8. The van der Waals surface area contributed by atoms with Gasteiger partial charge < -0.3 is 0 Å². The van der Waals surface area contributed by atoms with Crippen molar-refractivity contribution in [2.24, 2.45) is 0 Å². The largest absolute Gasteiger partial charge is 0.282 e. The lowest BCUT2D eigenvalue weighted by molar-refractivity contribution is 0.879. The summed E-state index contributed by atoms with van der Waals surface area (Å²) in [4.78, 5) is 23.5. The lowest BCUT2D eigenvalue weighted by atomic mass is 10.2. The van der Waals surface area contributed by atoms with Crippen LogP contribution in [-0.4, -0.2) is 24.8 Å². The first-order chi connectivity index (χ1) is 12.6. The first-order valence-corrected chi connectivity index (χ1v) is 9.71. The van der Waals surface area contributed by atoms with Crippen molar-refractivity contribution in [2.45, 2.75) is 13.8 Å². The number of thiophene rings is 1. The van der Waals surface area contributed by atoms with Crippen LogP contribution in [0.5, 0.6) is 0 Å². The van der Waals surface area contributed by atoms with Gasteiger partial charge in [-0.2, -0.15) is 10.1 Å². The highest BCUT2D eigenvalue weighted by molar-refractivity contribution is 7.18. The van der Waals surface area contributed by atoms with Crippen molar-refractivity contribution in [2.75, 3.05) is 0 Å². The number of aryl methyl sites for hydroxylation is 2. The average Bonchev–Trinajstić information content (AvgIpc) is 3.34. The number of nitrogens with zero attached hydrogens (tertiary/aromatic N) is 4. The van der Waals surface area contributed by atoms with Gasteiger partial charge in [-0.15, -0.1) is 22.7 Å². The zero-order valence-electron chi connectivity index (χ0n) is 14.0. The van der Waals surface area contributed by atoms with Crippen molar-refractivity contribution in [1.82, 2.24) is 24.8 Å². The highest BCUT2D eigenvalue weighted by atomic mass is 32.1. The minimum absolute atomic E-state index is 0.218. The maximum absolute atomic E-state index is 12.6. The van der Waals surface area contributed by atoms with E-state index in [2.05, 4.69) is 20.3 Å². The molecule has 0 bridgehead atoms. The lowest BCUT2D eigenvalue weighted by Gasteiger charge is -1.96. The molecule has 1 aromatic carbocycles. The van der Waals surface area contributed by atoms with Crippen LogP contribution < -0.4 is 5.56 Å². The molecule has 5 rings (SSSR count). The van der Waals surface area contributed by atoms with Crippen molar-refractivity contribution >= 4 is 38.5 Å². The van der Waals surface area contributed by atoms with E-state index in [4.69, 9.17) is 0 Å². The number of thiazole rings is 1. The van der Waals surface area contributed by atoms with Gasteiger partial charge in [-0.05, 0) is 19.4 Å². The van der Waals surface area contributed by atoms with Crippen LogP contribution in [0, 0.1) is 13.8 Å². The molecule has 0 aliphatic heterocycles. The fraction of sp³-hybridized carbons (Fsp3) is 0.111. The topological polar surface area (TPSA) is 75.9 Å². The van der Waals surface area contributed by atoms with Crippen LogP contribution in [0.1, 0.15) is 10.4 Å². The van der Waals surface area contributed by atoms with Crippen LogP contribution in [0.25, 0.3) is 37.8 Å². The highest BCUT2D eigenvalue weighted by Gasteiger charge is 2.19. The van der Waals surface area contributed by atoms with E-state index in [1.165, 1.54) is 11.3 Å². The van der Waals surface area contributed by atoms with E-state index in [0.29, 0.717) is 16.7 Å². The fourth-order valence-electron chi connectivity index (χ4n) is 2.99. The molecule has 6 nitrogen and oxygen atoms in total. The summed E-state index contributed by atoms with van der Waals surface area (Å²) in [6, 6.07) is 9.98. The first kappa shape index (κ1) is 15.4. The summed E-state index contributed by atoms with van der Waals surface area (Å²) in [6.45, 7) is 3.96. The Hall–Kier alpha value is -2.84. The molecule has 0 unspecified atom stereocenters. The summed E-state index contributed by atoms with van der Waals surface area (Å²) in [5.74, 6) is 0. The number of hydrogen-bond acceptors (Lipinski definition) is 6. The molecular weight excluding hydrogens is 366 g/mol. The maximum Gasteiger partial charge on any atom is 0.282 e. The van der Waals surface area contributed by atoms with Crippen LogP contribution in [0.3, 0.4) is 0 Å². The second-order valence-electron chi connectivity index (χ2n) is 6.00. The average molecular weight is 379 g/mol. The Kier molecular flexibility index (Phi) is 3.31. The number of fused-ring (bicyclic) bond motifs is 3. The molecule has 0 saturated carbocycles. The number of aromatic nitrogens is 5. The van der Waals surface area contributed by atoms with Gasteiger partial charge in [0, 0.05) is 15.8 Å². The molecule has 4 heterocycles. The normalized spacial score (nSPS) is 11.6. The molecule has 0 amide bonds. The number of aromatic amines is 1. The second kappa shape index (κ2) is 5.58. The third kappa shape index (κ3) is 2.16. The molecule has 0 saturated heterocycles. The number of benzene rings is 1. The van der Waals surface area contributed by atoms with E-state index in [1.54, 1.807) is 15.9 Å². The third-order valence-electron chi connectivity index (χ3n) is 4.45. The smallest absolute Gasteiger partial charge is 0.267 e. The lowest BCUT2D eigenvalue weighted by Crippen LogP contribution is -2.09. The summed E-state index contributed by atoms with van der Waals surface area (Å²) in [7, 11) is 0. The predicted octanol–water partition coefficient (Wildman–Crippen LogP) is 4.04. The molecule has 0 fully saturated rings. The Balaban J connectivity index is 1.73. The molecule has 0 aliphatic rings. The summed E-state index contributed by atoms with van der Waals surface area (Å²) >= 11 is 3.06. The van der Waals surface area contributed by atoms with Gasteiger partial charge in [-0.1, -0.05) is 30.3 Å². The molecule has 26 heavy (non-hydrogen) atoms. The van der Waals surface area contributed by atoms with Gasteiger partial charge in [0.25, 0.3) is 5.56 Å². The van der Waals surface area contributed by atoms with Crippen molar-refractivity contribution in [3.8, 4) is 22.0 Å². The summed E-state index contributed by atoms with van der Waals surface area (Å²) in [5, 5.41) is 10.8. The number of nitrogens with one attached hydrogen (secondary N) is 1. The predicted molar refractivity (Wildman–Crippen MR) is 105 cm³/mol. The van der Waals surface area contributed by atoms with Gasteiger partial charge in [-0.25, -0.2) is 14.7 Å². The van der Waals surface area contributed by atoms with Crippen molar-refractivity contribution in [1.29, 1.82) is 0 Å². The molecule has 8 heteroatoms. The summed E-state index contributed by atoms with van der Waals surface area (Å²) in [5.41, 5.74) is 3.81. The second-order valence-corrected chi connectivity index (χ2v) is 8.07. The number of H-pyrrole nitrogens is 1. The molecule has 0 aliphatic carbocycles. The number of hydrogen-bond donors (Lipinski definition) is 1. The molecule has 5 aromatic rings. The van der Waals surface area contributed by atoms with Crippen LogP contribution in [0.15, 0.2) is 40.5 Å². The van der Waals surface area contributed by atoms with E-state index in [-0.39, 0.29) is 5.56 Å². The Morgan fingerprint density at radius 2 is 1.92 bits per heavy atom. The molecule has 0 atom stereocenters. The Bertz CT molecular complexity index is 1330. The fourth-order valence-corrected chi connectivity index (χ4v) is 4.90. The van der Waals surface area contributed by atoms with Crippen molar-refractivity contribution in [3.63, 3.8) is 0 Å². The van der Waals surface area contributed by atoms with Gasteiger partial charge in [-0.3, -0.25) is 4.79 Å². The van der Waals surface area contributed by atoms with E-state index >= 15 is 0 Å². The van der Waals surface area contributed by atoms with Crippen molar-refractivity contribution in [3.05, 3.63) is 56.5 Å². The number of rotatable bonds is 2. The first-order valence-electron chi connectivity index (χ1n) is 8.01. The van der Waals surface area contributed by atoms with Gasteiger partial charge in [0.05, 0.1) is 11.1 Å².